The standard InChI is InChI=1S/C20H25N3O4S/c1-13-17(28-16-12-8-7-11-15(16)23(25)26)18(22(21-13)20(2,3)4)27-19(24)14-9-5-6-10-14/h7-8,11-12,14H,5-6,9-10H2,1-4H3. The summed E-state index contributed by atoms with van der Waals surface area (Å²) in [6, 6.07) is 6.55. The van der Waals surface area contributed by atoms with E-state index in [1.54, 1.807) is 22.9 Å². The van der Waals surface area contributed by atoms with Gasteiger partial charge in [-0.3, -0.25) is 14.9 Å². The molecule has 1 aromatic carbocycles. The molecular weight excluding hydrogens is 378 g/mol. The average molecular weight is 404 g/mol. The summed E-state index contributed by atoms with van der Waals surface area (Å²) in [7, 11) is 0. The number of nitro benzene ring substituents is 1. The molecule has 0 N–H and O–H groups in total. The molecule has 1 aliphatic rings. The zero-order chi connectivity index (χ0) is 20.5. The van der Waals surface area contributed by atoms with Crippen molar-refractivity contribution in [3.63, 3.8) is 0 Å². The van der Waals surface area contributed by atoms with Gasteiger partial charge in [0.05, 0.1) is 31.9 Å². The van der Waals surface area contributed by atoms with Gasteiger partial charge < -0.3 is 4.74 Å². The van der Waals surface area contributed by atoms with Crippen LogP contribution in [-0.2, 0) is 10.3 Å². The smallest absolute Gasteiger partial charge is 0.315 e. The second kappa shape index (κ2) is 7.95. The van der Waals surface area contributed by atoms with Crippen LogP contribution in [0.15, 0.2) is 34.1 Å². The number of hydrogen-bond donors (Lipinski definition) is 0. The highest BCUT2D eigenvalue weighted by Gasteiger charge is 2.31. The molecule has 0 atom stereocenters. The van der Waals surface area contributed by atoms with Crippen LogP contribution in [0.4, 0.5) is 5.69 Å². The normalized spacial score (nSPS) is 15.0. The minimum Gasteiger partial charge on any atom is -0.406 e. The van der Waals surface area contributed by atoms with E-state index in [4.69, 9.17) is 4.74 Å². The maximum Gasteiger partial charge on any atom is 0.315 e. The van der Waals surface area contributed by atoms with Crippen LogP contribution < -0.4 is 4.74 Å². The molecule has 1 fully saturated rings. The van der Waals surface area contributed by atoms with Crippen molar-refractivity contribution in [3.8, 4) is 5.88 Å². The molecule has 0 bridgehead atoms. The number of aryl methyl sites for hydroxylation is 1. The SMILES string of the molecule is Cc1nn(C(C)(C)C)c(OC(=O)C2CCCC2)c1Sc1ccccc1[N+](=O)[O-]. The minimum absolute atomic E-state index is 0.0171. The molecule has 0 spiro atoms. The largest absolute Gasteiger partial charge is 0.406 e. The van der Waals surface area contributed by atoms with E-state index >= 15 is 0 Å². The topological polar surface area (TPSA) is 87.3 Å². The lowest BCUT2D eigenvalue weighted by atomic mass is 10.1. The number of ether oxygens (including phenoxy) is 1. The number of nitrogens with zero attached hydrogens (tertiary/aromatic N) is 3. The summed E-state index contributed by atoms with van der Waals surface area (Å²) >= 11 is 1.22. The predicted octanol–water partition coefficient (Wildman–Crippen LogP) is 5.10. The Labute approximate surface area is 168 Å². The van der Waals surface area contributed by atoms with Crippen molar-refractivity contribution < 1.29 is 14.5 Å². The maximum absolute atomic E-state index is 12.7. The Kier molecular flexibility index (Phi) is 5.79. The Morgan fingerprint density at radius 2 is 1.93 bits per heavy atom. The molecular formula is C20H25N3O4S. The van der Waals surface area contributed by atoms with Gasteiger partial charge in [0.15, 0.2) is 0 Å². The predicted molar refractivity (Wildman–Crippen MR) is 107 cm³/mol. The fourth-order valence-electron chi connectivity index (χ4n) is 3.30. The average Bonchev–Trinajstić information content (AvgIpc) is 3.25. The first-order chi connectivity index (χ1) is 13.2. The molecule has 3 rings (SSSR count). The summed E-state index contributed by atoms with van der Waals surface area (Å²) < 4.78 is 7.55. The molecule has 1 aromatic heterocycles. The van der Waals surface area contributed by atoms with Crippen LogP contribution in [0, 0.1) is 23.0 Å². The van der Waals surface area contributed by atoms with E-state index in [1.807, 2.05) is 27.7 Å². The summed E-state index contributed by atoms with van der Waals surface area (Å²) in [5, 5.41) is 16.0. The number of nitro groups is 1. The number of benzene rings is 1. The maximum atomic E-state index is 12.7. The Bertz CT molecular complexity index is 895. The van der Waals surface area contributed by atoms with Crippen LogP contribution in [0.1, 0.15) is 52.1 Å². The van der Waals surface area contributed by atoms with Gasteiger partial charge in [-0.2, -0.15) is 5.10 Å². The second-order valence-electron chi connectivity index (χ2n) is 8.03. The highest BCUT2D eigenvalue weighted by molar-refractivity contribution is 7.99. The van der Waals surface area contributed by atoms with Crippen LogP contribution >= 0.6 is 11.8 Å². The van der Waals surface area contributed by atoms with Crippen molar-refractivity contribution >= 4 is 23.4 Å². The molecule has 1 aliphatic carbocycles. The van der Waals surface area contributed by atoms with Crippen LogP contribution in [0.5, 0.6) is 5.88 Å². The van der Waals surface area contributed by atoms with Gasteiger partial charge in [0.2, 0.25) is 5.88 Å². The third-order valence-corrected chi connectivity index (χ3v) is 6.00. The zero-order valence-electron chi connectivity index (χ0n) is 16.6. The van der Waals surface area contributed by atoms with Gasteiger partial charge in [-0.1, -0.05) is 36.7 Å². The minimum atomic E-state index is -0.407. The summed E-state index contributed by atoms with van der Waals surface area (Å²) in [6.07, 6.45) is 3.76. The number of esters is 1. The van der Waals surface area contributed by atoms with Crippen molar-refractivity contribution in [3.05, 3.63) is 40.1 Å². The first-order valence-corrected chi connectivity index (χ1v) is 10.2. The Morgan fingerprint density at radius 1 is 1.29 bits per heavy atom. The van der Waals surface area contributed by atoms with Crippen molar-refractivity contribution in [2.45, 2.75) is 68.7 Å². The number of hydrogen-bond acceptors (Lipinski definition) is 6. The molecule has 2 aromatic rings. The molecule has 1 saturated carbocycles. The Hall–Kier alpha value is -2.35. The number of carbonyl (C=O) groups is 1. The van der Waals surface area contributed by atoms with Crippen molar-refractivity contribution in [2.75, 3.05) is 0 Å². The van der Waals surface area contributed by atoms with E-state index in [2.05, 4.69) is 5.10 Å². The van der Waals surface area contributed by atoms with Gasteiger partial charge in [-0.25, -0.2) is 4.68 Å². The third-order valence-electron chi connectivity index (χ3n) is 4.76. The fourth-order valence-corrected chi connectivity index (χ4v) is 4.32. The molecule has 0 saturated heterocycles. The van der Waals surface area contributed by atoms with Crippen LogP contribution in [0.2, 0.25) is 0 Å². The van der Waals surface area contributed by atoms with Gasteiger partial charge in [0, 0.05) is 6.07 Å². The Morgan fingerprint density at radius 3 is 2.54 bits per heavy atom. The molecule has 150 valence electrons. The van der Waals surface area contributed by atoms with E-state index in [0.29, 0.717) is 21.4 Å². The van der Waals surface area contributed by atoms with Gasteiger partial charge >= 0.3 is 5.97 Å². The molecule has 0 amide bonds. The van der Waals surface area contributed by atoms with E-state index < -0.39 is 10.5 Å². The van der Waals surface area contributed by atoms with Crippen molar-refractivity contribution in [1.29, 1.82) is 0 Å². The van der Waals surface area contributed by atoms with Crippen molar-refractivity contribution in [2.24, 2.45) is 5.92 Å². The van der Waals surface area contributed by atoms with Gasteiger partial charge in [0.1, 0.15) is 0 Å². The molecule has 1 heterocycles. The molecule has 0 radical (unpaired) electrons. The lowest BCUT2D eigenvalue weighted by Gasteiger charge is -2.22. The highest BCUT2D eigenvalue weighted by Crippen LogP contribution is 2.43. The second-order valence-corrected chi connectivity index (χ2v) is 9.08. The number of para-hydroxylation sites is 1. The summed E-state index contributed by atoms with van der Waals surface area (Å²) in [5.41, 5.74) is 0.285. The van der Waals surface area contributed by atoms with Gasteiger partial charge in [-0.05, 0) is 46.6 Å². The lowest BCUT2D eigenvalue weighted by Crippen LogP contribution is -2.27. The lowest BCUT2D eigenvalue weighted by molar-refractivity contribution is -0.387. The van der Waals surface area contributed by atoms with Crippen LogP contribution in [0.3, 0.4) is 0 Å². The van der Waals surface area contributed by atoms with Crippen LogP contribution in [-0.4, -0.2) is 20.7 Å². The van der Waals surface area contributed by atoms with Gasteiger partial charge in [0.25, 0.3) is 5.69 Å². The molecule has 28 heavy (non-hydrogen) atoms. The Balaban J connectivity index is 2.02. The van der Waals surface area contributed by atoms with Gasteiger partial charge in [-0.15, -0.1) is 0 Å². The van der Waals surface area contributed by atoms with Crippen molar-refractivity contribution in [1.82, 2.24) is 9.78 Å². The third kappa shape index (κ3) is 4.22. The van der Waals surface area contributed by atoms with E-state index in [1.165, 1.54) is 17.8 Å². The summed E-state index contributed by atoms with van der Waals surface area (Å²) in [6.45, 7) is 7.76. The van der Waals surface area contributed by atoms with E-state index in [-0.39, 0.29) is 17.6 Å². The number of carbonyl (C=O) groups excluding carboxylic acids is 1. The first-order valence-electron chi connectivity index (χ1n) is 9.41. The first kappa shape index (κ1) is 20.4. The molecule has 8 heteroatoms. The molecule has 0 unspecified atom stereocenters. The fraction of sp³-hybridized carbons (Fsp3) is 0.500. The zero-order valence-corrected chi connectivity index (χ0v) is 17.4. The monoisotopic (exact) mass is 403 g/mol. The number of aromatic nitrogens is 2. The highest BCUT2D eigenvalue weighted by atomic mass is 32.2. The molecule has 7 nitrogen and oxygen atoms in total. The number of rotatable bonds is 5. The van der Waals surface area contributed by atoms with E-state index in [9.17, 15) is 14.9 Å². The summed E-state index contributed by atoms with van der Waals surface area (Å²) in [5.74, 6) is 0.0323. The summed E-state index contributed by atoms with van der Waals surface area (Å²) in [4.78, 5) is 24.8. The molecule has 0 aliphatic heterocycles. The quantitative estimate of drug-likeness (QED) is 0.392. The van der Waals surface area contributed by atoms with Crippen LogP contribution in [0.25, 0.3) is 0 Å². The van der Waals surface area contributed by atoms with E-state index in [0.717, 1.165) is 25.7 Å².